The third-order valence-electron chi connectivity index (χ3n) is 4.95. The number of nitrogens with zero attached hydrogens (tertiary/aromatic N) is 3. The number of hydrogen-bond acceptors (Lipinski definition) is 7. The van der Waals surface area contributed by atoms with Gasteiger partial charge in [-0.3, -0.25) is 9.69 Å². The summed E-state index contributed by atoms with van der Waals surface area (Å²) >= 11 is 6.40. The highest BCUT2D eigenvalue weighted by Gasteiger charge is 2.14. The van der Waals surface area contributed by atoms with Crippen molar-refractivity contribution in [3.63, 3.8) is 0 Å². The summed E-state index contributed by atoms with van der Waals surface area (Å²) in [7, 11) is 0. The Hall–Kier alpha value is -2.94. The summed E-state index contributed by atoms with van der Waals surface area (Å²) in [4.78, 5) is 14.7. The molecule has 1 fully saturated rings. The number of rotatable bonds is 8. The van der Waals surface area contributed by atoms with Crippen LogP contribution in [-0.2, 0) is 4.74 Å². The number of benzene rings is 2. The number of morpholine rings is 1. The van der Waals surface area contributed by atoms with Gasteiger partial charge in [0, 0.05) is 30.9 Å². The SMILES string of the molecule is O=C(Nc1ccc(-c2nnc(NCCCN3CCOCC3)o2)c(Cl)c1)c1ccccc1. The van der Waals surface area contributed by atoms with Crippen LogP contribution in [0.4, 0.5) is 11.7 Å². The van der Waals surface area contributed by atoms with Crippen LogP contribution in [0.2, 0.25) is 5.02 Å². The van der Waals surface area contributed by atoms with E-state index >= 15 is 0 Å². The number of halogens is 1. The van der Waals surface area contributed by atoms with Crippen LogP contribution in [0.5, 0.6) is 0 Å². The number of nitrogens with one attached hydrogen (secondary N) is 2. The van der Waals surface area contributed by atoms with Crippen molar-refractivity contribution in [3.05, 3.63) is 59.1 Å². The Balaban J connectivity index is 1.31. The Bertz CT molecular complexity index is 1010. The van der Waals surface area contributed by atoms with Gasteiger partial charge in [-0.1, -0.05) is 34.9 Å². The van der Waals surface area contributed by atoms with E-state index in [-0.39, 0.29) is 5.91 Å². The molecular weight excluding hydrogens is 418 g/mol. The second-order valence-corrected chi connectivity index (χ2v) is 7.57. The highest BCUT2D eigenvalue weighted by molar-refractivity contribution is 6.33. The van der Waals surface area contributed by atoms with Crippen molar-refractivity contribution in [3.8, 4) is 11.5 Å². The summed E-state index contributed by atoms with van der Waals surface area (Å²) in [5.74, 6) is 0.118. The Morgan fingerprint density at radius 1 is 1.10 bits per heavy atom. The number of carbonyl (C=O) groups excluding carboxylic acids is 1. The van der Waals surface area contributed by atoms with E-state index in [2.05, 4.69) is 25.7 Å². The number of carbonyl (C=O) groups is 1. The second kappa shape index (κ2) is 10.4. The van der Waals surface area contributed by atoms with Crippen LogP contribution in [0.15, 0.2) is 52.9 Å². The van der Waals surface area contributed by atoms with E-state index in [0.717, 1.165) is 45.8 Å². The van der Waals surface area contributed by atoms with E-state index in [1.54, 1.807) is 30.3 Å². The molecule has 2 N–H and O–H groups in total. The highest BCUT2D eigenvalue weighted by Crippen LogP contribution is 2.30. The van der Waals surface area contributed by atoms with Gasteiger partial charge in [-0.15, -0.1) is 5.10 Å². The molecule has 1 aliphatic heterocycles. The lowest BCUT2D eigenvalue weighted by atomic mass is 10.2. The van der Waals surface area contributed by atoms with Crippen LogP contribution in [0.3, 0.4) is 0 Å². The minimum Gasteiger partial charge on any atom is -0.403 e. The number of amides is 1. The maximum absolute atomic E-state index is 12.3. The van der Waals surface area contributed by atoms with Gasteiger partial charge in [-0.05, 0) is 43.3 Å². The van der Waals surface area contributed by atoms with Gasteiger partial charge < -0.3 is 19.8 Å². The van der Waals surface area contributed by atoms with E-state index in [1.807, 2.05) is 18.2 Å². The quantitative estimate of drug-likeness (QED) is 0.514. The third kappa shape index (κ3) is 5.81. The maximum Gasteiger partial charge on any atom is 0.315 e. The molecule has 2 aromatic carbocycles. The summed E-state index contributed by atoms with van der Waals surface area (Å²) in [5, 5.41) is 14.5. The van der Waals surface area contributed by atoms with E-state index in [4.69, 9.17) is 20.8 Å². The van der Waals surface area contributed by atoms with Crippen molar-refractivity contribution in [2.24, 2.45) is 0 Å². The van der Waals surface area contributed by atoms with Gasteiger partial charge in [-0.2, -0.15) is 0 Å². The van der Waals surface area contributed by atoms with Crippen molar-refractivity contribution in [2.45, 2.75) is 6.42 Å². The molecule has 0 unspecified atom stereocenters. The molecule has 0 bridgehead atoms. The molecule has 0 saturated carbocycles. The number of ether oxygens (including phenoxy) is 1. The van der Waals surface area contributed by atoms with Crippen molar-refractivity contribution in [1.82, 2.24) is 15.1 Å². The van der Waals surface area contributed by atoms with E-state index in [1.165, 1.54) is 0 Å². The maximum atomic E-state index is 12.3. The van der Waals surface area contributed by atoms with Crippen molar-refractivity contribution >= 4 is 29.2 Å². The van der Waals surface area contributed by atoms with E-state index in [0.29, 0.717) is 33.7 Å². The number of aromatic nitrogens is 2. The van der Waals surface area contributed by atoms with Crippen molar-refractivity contribution < 1.29 is 13.9 Å². The predicted molar refractivity (Wildman–Crippen MR) is 120 cm³/mol. The lowest BCUT2D eigenvalue weighted by molar-refractivity contribution is 0.0378. The van der Waals surface area contributed by atoms with Gasteiger partial charge in [-0.25, -0.2) is 0 Å². The molecule has 2 heterocycles. The molecule has 0 aliphatic carbocycles. The zero-order valence-electron chi connectivity index (χ0n) is 17.0. The summed E-state index contributed by atoms with van der Waals surface area (Å²) in [5.41, 5.74) is 1.76. The Labute approximate surface area is 185 Å². The van der Waals surface area contributed by atoms with Crippen molar-refractivity contribution in [2.75, 3.05) is 50.0 Å². The molecule has 1 aromatic heterocycles. The third-order valence-corrected chi connectivity index (χ3v) is 5.26. The van der Waals surface area contributed by atoms with Gasteiger partial charge in [0.05, 0.1) is 23.8 Å². The summed E-state index contributed by atoms with van der Waals surface area (Å²) in [6.07, 6.45) is 0.967. The Morgan fingerprint density at radius 2 is 1.90 bits per heavy atom. The molecule has 0 radical (unpaired) electrons. The lowest BCUT2D eigenvalue weighted by Gasteiger charge is -2.26. The normalized spacial score (nSPS) is 14.4. The van der Waals surface area contributed by atoms with Gasteiger partial charge in [0.1, 0.15) is 0 Å². The van der Waals surface area contributed by atoms with Gasteiger partial charge >= 0.3 is 6.01 Å². The summed E-state index contributed by atoms with van der Waals surface area (Å²) in [6.45, 7) is 5.29. The molecule has 4 rings (SSSR count). The summed E-state index contributed by atoms with van der Waals surface area (Å²) in [6, 6.07) is 14.5. The molecule has 8 nitrogen and oxygen atoms in total. The average Bonchev–Trinajstić information content (AvgIpc) is 3.27. The minimum absolute atomic E-state index is 0.203. The second-order valence-electron chi connectivity index (χ2n) is 7.16. The van der Waals surface area contributed by atoms with Crippen LogP contribution < -0.4 is 10.6 Å². The molecule has 3 aromatic rings. The smallest absolute Gasteiger partial charge is 0.315 e. The molecule has 162 valence electrons. The first kappa shape index (κ1) is 21.3. The summed E-state index contributed by atoms with van der Waals surface area (Å²) < 4.78 is 11.0. The lowest BCUT2D eigenvalue weighted by Crippen LogP contribution is -2.37. The fraction of sp³-hybridized carbons (Fsp3) is 0.318. The Morgan fingerprint density at radius 3 is 2.68 bits per heavy atom. The molecule has 1 amide bonds. The van der Waals surface area contributed by atoms with Gasteiger partial charge in [0.2, 0.25) is 0 Å². The van der Waals surface area contributed by atoms with Crippen LogP contribution in [0.1, 0.15) is 16.8 Å². The standard InChI is InChI=1S/C22H24ClN5O3/c23-19-15-17(25-20(29)16-5-2-1-3-6-16)7-8-18(19)21-26-27-22(31-21)24-9-4-10-28-11-13-30-14-12-28/h1-3,5-8,15H,4,9-14H2,(H,24,27)(H,25,29). The number of anilines is 2. The fourth-order valence-corrected chi connectivity index (χ4v) is 3.55. The van der Waals surface area contributed by atoms with Crippen LogP contribution >= 0.6 is 11.6 Å². The first-order valence-electron chi connectivity index (χ1n) is 10.2. The van der Waals surface area contributed by atoms with Crippen LogP contribution in [-0.4, -0.2) is 60.4 Å². The van der Waals surface area contributed by atoms with Gasteiger partial charge in [0.15, 0.2) is 0 Å². The number of hydrogen-bond donors (Lipinski definition) is 2. The van der Waals surface area contributed by atoms with Crippen LogP contribution in [0.25, 0.3) is 11.5 Å². The fourth-order valence-electron chi connectivity index (χ4n) is 3.29. The zero-order valence-corrected chi connectivity index (χ0v) is 17.8. The Kier molecular flexibility index (Phi) is 7.14. The first-order valence-corrected chi connectivity index (χ1v) is 10.6. The molecule has 1 saturated heterocycles. The predicted octanol–water partition coefficient (Wildman–Crippen LogP) is 3.78. The minimum atomic E-state index is -0.203. The average molecular weight is 442 g/mol. The molecule has 31 heavy (non-hydrogen) atoms. The molecule has 0 atom stereocenters. The molecule has 0 spiro atoms. The van der Waals surface area contributed by atoms with Crippen molar-refractivity contribution in [1.29, 1.82) is 0 Å². The zero-order chi connectivity index (χ0) is 21.5. The highest BCUT2D eigenvalue weighted by atomic mass is 35.5. The molecule has 1 aliphatic rings. The molecule has 9 heteroatoms. The first-order chi connectivity index (χ1) is 15.2. The molecular formula is C22H24ClN5O3. The monoisotopic (exact) mass is 441 g/mol. The van der Waals surface area contributed by atoms with Crippen LogP contribution in [0, 0.1) is 0 Å². The van der Waals surface area contributed by atoms with Gasteiger partial charge in [0.25, 0.3) is 11.8 Å². The van der Waals surface area contributed by atoms with E-state index in [9.17, 15) is 4.79 Å². The topological polar surface area (TPSA) is 92.5 Å². The largest absolute Gasteiger partial charge is 0.403 e. The van der Waals surface area contributed by atoms with E-state index < -0.39 is 0 Å².